The Balaban J connectivity index is 1.96. The lowest BCUT2D eigenvalue weighted by Gasteiger charge is -2.09. The number of rotatable bonds is 4. The number of carbonyl (C=O) groups is 1. The topological polar surface area (TPSA) is 55.1 Å². The first-order chi connectivity index (χ1) is 11.1. The first-order valence-electron chi connectivity index (χ1n) is 6.85. The van der Waals surface area contributed by atoms with Gasteiger partial charge in [-0.25, -0.2) is 0 Å². The lowest BCUT2D eigenvalue weighted by molar-refractivity contribution is 0.102. The summed E-state index contributed by atoms with van der Waals surface area (Å²) in [5.74, 6) is -0.462. The Morgan fingerprint density at radius 1 is 1.04 bits per heavy atom. The predicted octanol–water partition coefficient (Wildman–Crippen LogP) is 4.17. The van der Waals surface area contributed by atoms with Crippen molar-refractivity contribution in [2.45, 2.75) is 6.54 Å². The fourth-order valence-electron chi connectivity index (χ4n) is 2.26. The maximum atomic E-state index is 12.7. The molecule has 3 rings (SSSR count). The van der Waals surface area contributed by atoms with Crippen molar-refractivity contribution in [1.29, 1.82) is 0 Å². The standard InChI is InChI=1S/C17H12Cl2N2O2/c18-15-12(6-7-14(22)16(15)19)17(23)13-8-9-20-21(13)10-11-4-2-1-3-5-11/h1-9,22H,10H2. The molecule has 0 aliphatic rings. The number of phenols is 1. The van der Waals surface area contributed by atoms with Gasteiger partial charge >= 0.3 is 0 Å². The van der Waals surface area contributed by atoms with Crippen molar-refractivity contribution >= 4 is 29.0 Å². The van der Waals surface area contributed by atoms with Gasteiger partial charge < -0.3 is 5.11 Å². The predicted molar refractivity (Wildman–Crippen MR) is 89.3 cm³/mol. The molecule has 3 aromatic rings. The van der Waals surface area contributed by atoms with Gasteiger partial charge in [0.2, 0.25) is 5.78 Å². The molecule has 4 nitrogen and oxygen atoms in total. The van der Waals surface area contributed by atoms with Gasteiger partial charge in [0.15, 0.2) is 0 Å². The molecule has 1 aromatic heterocycles. The molecule has 0 bridgehead atoms. The molecule has 0 aliphatic carbocycles. The van der Waals surface area contributed by atoms with Gasteiger partial charge in [0.25, 0.3) is 0 Å². The summed E-state index contributed by atoms with van der Waals surface area (Å²) in [4.78, 5) is 12.7. The van der Waals surface area contributed by atoms with Crippen LogP contribution in [0.1, 0.15) is 21.6 Å². The number of ketones is 1. The number of halogens is 2. The minimum absolute atomic E-state index is 0.0316. The van der Waals surface area contributed by atoms with Gasteiger partial charge in [-0.1, -0.05) is 53.5 Å². The monoisotopic (exact) mass is 346 g/mol. The smallest absolute Gasteiger partial charge is 0.212 e. The van der Waals surface area contributed by atoms with Crippen molar-refractivity contribution in [1.82, 2.24) is 9.78 Å². The molecule has 23 heavy (non-hydrogen) atoms. The fourth-order valence-corrected chi connectivity index (χ4v) is 2.67. The van der Waals surface area contributed by atoms with E-state index in [4.69, 9.17) is 23.2 Å². The Hall–Kier alpha value is -2.30. The van der Waals surface area contributed by atoms with Gasteiger partial charge in [0.1, 0.15) is 16.5 Å². The van der Waals surface area contributed by atoms with Crippen LogP contribution in [0.15, 0.2) is 54.7 Å². The second-order valence-corrected chi connectivity index (χ2v) is 5.70. The van der Waals surface area contributed by atoms with Crippen molar-refractivity contribution < 1.29 is 9.90 Å². The van der Waals surface area contributed by atoms with Gasteiger partial charge in [-0.05, 0) is 23.8 Å². The Bertz CT molecular complexity index is 860. The quantitative estimate of drug-likeness (QED) is 0.721. The van der Waals surface area contributed by atoms with Crippen LogP contribution in [0.25, 0.3) is 0 Å². The summed E-state index contributed by atoms with van der Waals surface area (Å²) < 4.78 is 1.61. The molecule has 0 saturated carbocycles. The van der Waals surface area contributed by atoms with Gasteiger partial charge in [-0.15, -0.1) is 0 Å². The second kappa shape index (κ2) is 6.44. The molecule has 6 heteroatoms. The number of benzene rings is 2. The van der Waals surface area contributed by atoms with Crippen LogP contribution in [0.3, 0.4) is 0 Å². The minimum atomic E-state index is -0.301. The molecule has 0 atom stereocenters. The summed E-state index contributed by atoms with van der Waals surface area (Å²) in [7, 11) is 0. The van der Waals surface area contributed by atoms with Crippen LogP contribution in [0.4, 0.5) is 0 Å². The molecule has 0 fully saturated rings. The summed E-state index contributed by atoms with van der Waals surface area (Å²) in [5, 5.41) is 13.7. The summed E-state index contributed by atoms with van der Waals surface area (Å²) in [6.45, 7) is 0.471. The van der Waals surface area contributed by atoms with Crippen LogP contribution >= 0.6 is 23.2 Å². The lowest BCUT2D eigenvalue weighted by Crippen LogP contribution is -2.13. The third-order valence-electron chi connectivity index (χ3n) is 3.43. The van der Waals surface area contributed by atoms with E-state index in [0.717, 1.165) is 5.56 Å². The van der Waals surface area contributed by atoms with Crippen LogP contribution in [0.5, 0.6) is 5.75 Å². The largest absolute Gasteiger partial charge is 0.506 e. The zero-order chi connectivity index (χ0) is 16.4. The van der Waals surface area contributed by atoms with Gasteiger partial charge in [-0.2, -0.15) is 5.10 Å². The molecule has 0 spiro atoms. The van der Waals surface area contributed by atoms with Crippen LogP contribution in [0.2, 0.25) is 10.0 Å². The van der Waals surface area contributed by atoms with E-state index in [-0.39, 0.29) is 27.1 Å². The molecule has 0 unspecified atom stereocenters. The van der Waals surface area contributed by atoms with E-state index >= 15 is 0 Å². The maximum absolute atomic E-state index is 12.7. The SMILES string of the molecule is O=C(c1ccc(O)c(Cl)c1Cl)c1ccnn1Cc1ccccc1. The zero-order valence-corrected chi connectivity index (χ0v) is 13.4. The molecule has 1 N–H and O–H groups in total. The van der Waals surface area contributed by atoms with E-state index in [2.05, 4.69) is 5.10 Å². The van der Waals surface area contributed by atoms with E-state index in [1.807, 2.05) is 30.3 Å². The van der Waals surface area contributed by atoms with E-state index in [1.54, 1.807) is 16.9 Å². The van der Waals surface area contributed by atoms with E-state index in [0.29, 0.717) is 12.2 Å². The van der Waals surface area contributed by atoms with Gasteiger partial charge in [0.05, 0.1) is 11.6 Å². The van der Waals surface area contributed by atoms with Gasteiger partial charge in [-0.3, -0.25) is 9.48 Å². The molecule has 116 valence electrons. The first kappa shape index (κ1) is 15.6. The van der Waals surface area contributed by atoms with Crippen LogP contribution < -0.4 is 0 Å². The molecule has 2 aromatic carbocycles. The summed E-state index contributed by atoms with van der Waals surface area (Å²) in [5.41, 5.74) is 1.65. The van der Waals surface area contributed by atoms with Crippen LogP contribution in [-0.4, -0.2) is 20.7 Å². The molecule has 0 saturated heterocycles. The highest BCUT2D eigenvalue weighted by molar-refractivity contribution is 6.45. The number of hydrogen-bond donors (Lipinski definition) is 1. The average Bonchev–Trinajstić information content (AvgIpc) is 3.01. The number of phenolic OH excluding ortho intramolecular Hbond substituents is 1. The Kier molecular flexibility index (Phi) is 4.37. The number of carbonyl (C=O) groups excluding carboxylic acids is 1. The fraction of sp³-hybridized carbons (Fsp3) is 0.0588. The third kappa shape index (κ3) is 3.09. The zero-order valence-electron chi connectivity index (χ0n) is 11.9. The Labute approximate surface area is 142 Å². The molecule has 0 amide bonds. The first-order valence-corrected chi connectivity index (χ1v) is 7.61. The van der Waals surface area contributed by atoms with Crippen LogP contribution in [-0.2, 0) is 6.54 Å². The second-order valence-electron chi connectivity index (χ2n) is 4.95. The molecule has 0 aliphatic heterocycles. The summed E-state index contributed by atoms with van der Waals surface area (Å²) in [6, 6.07) is 14.1. The number of aromatic nitrogens is 2. The molecule has 0 radical (unpaired) electrons. The van der Waals surface area contributed by atoms with Crippen molar-refractivity contribution in [3.63, 3.8) is 0 Å². The highest BCUT2D eigenvalue weighted by atomic mass is 35.5. The van der Waals surface area contributed by atoms with Crippen molar-refractivity contribution in [3.8, 4) is 5.75 Å². The maximum Gasteiger partial charge on any atom is 0.212 e. The lowest BCUT2D eigenvalue weighted by atomic mass is 10.1. The number of aromatic hydroxyl groups is 1. The van der Waals surface area contributed by atoms with Crippen molar-refractivity contribution in [3.05, 3.63) is 81.6 Å². The van der Waals surface area contributed by atoms with E-state index < -0.39 is 0 Å². The van der Waals surface area contributed by atoms with E-state index in [9.17, 15) is 9.90 Å². The number of hydrogen-bond acceptors (Lipinski definition) is 3. The van der Waals surface area contributed by atoms with Gasteiger partial charge in [0, 0.05) is 11.8 Å². The normalized spacial score (nSPS) is 10.7. The highest BCUT2D eigenvalue weighted by Crippen LogP contribution is 2.34. The summed E-state index contributed by atoms with van der Waals surface area (Å²) >= 11 is 12.0. The average molecular weight is 347 g/mol. The summed E-state index contributed by atoms with van der Waals surface area (Å²) in [6.07, 6.45) is 1.56. The Morgan fingerprint density at radius 2 is 1.78 bits per heavy atom. The van der Waals surface area contributed by atoms with Crippen molar-refractivity contribution in [2.24, 2.45) is 0 Å². The third-order valence-corrected chi connectivity index (χ3v) is 4.30. The van der Waals surface area contributed by atoms with Crippen molar-refractivity contribution in [2.75, 3.05) is 0 Å². The highest BCUT2D eigenvalue weighted by Gasteiger charge is 2.20. The van der Waals surface area contributed by atoms with E-state index in [1.165, 1.54) is 12.1 Å². The molecular weight excluding hydrogens is 335 g/mol. The Morgan fingerprint density at radius 3 is 2.52 bits per heavy atom. The number of nitrogens with zero attached hydrogens (tertiary/aromatic N) is 2. The molecule has 1 heterocycles. The molecular formula is C17H12Cl2N2O2. The van der Waals surface area contributed by atoms with Crippen LogP contribution in [0, 0.1) is 0 Å². The minimum Gasteiger partial charge on any atom is -0.506 e.